The summed E-state index contributed by atoms with van der Waals surface area (Å²) in [6, 6.07) is 8.81. The SMILES string of the molecule is CCN(c1ccc(CNCCOC)cc1C#N)C(C)C. The molecule has 0 atom stereocenters. The molecule has 1 aromatic rings. The van der Waals surface area contributed by atoms with Crippen LogP contribution in [0.25, 0.3) is 0 Å². The van der Waals surface area contributed by atoms with Crippen LogP contribution in [0.2, 0.25) is 0 Å². The van der Waals surface area contributed by atoms with Gasteiger partial charge in [0.1, 0.15) is 6.07 Å². The van der Waals surface area contributed by atoms with Gasteiger partial charge < -0.3 is 15.0 Å². The van der Waals surface area contributed by atoms with Crippen LogP contribution in [0.4, 0.5) is 5.69 Å². The van der Waals surface area contributed by atoms with E-state index in [0.717, 1.165) is 36.4 Å². The highest BCUT2D eigenvalue weighted by Crippen LogP contribution is 2.23. The number of hydrogen-bond donors (Lipinski definition) is 1. The van der Waals surface area contributed by atoms with E-state index in [9.17, 15) is 5.26 Å². The van der Waals surface area contributed by atoms with Gasteiger partial charge in [-0.05, 0) is 38.5 Å². The lowest BCUT2D eigenvalue weighted by Gasteiger charge is -2.28. The van der Waals surface area contributed by atoms with E-state index in [-0.39, 0.29) is 0 Å². The summed E-state index contributed by atoms with van der Waals surface area (Å²) in [4.78, 5) is 2.24. The van der Waals surface area contributed by atoms with Gasteiger partial charge in [0.25, 0.3) is 0 Å². The smallest absolute Gasteiger partial charge is 0.101 e. The molecule has 0 unspecified atom stereocenters. The Morgan fingerprint density at radius 1 is 1.40 bits per heavy atom. The molecule has 110 valence electrons. The van der Waals surface area contributed by atoms with Crippen molar-refractivity contribution in [1.82, 2.24) is 5.32 Å². The molecule has 1 aromatic carbocycles. The van der Waals surface area contributed by atoms with Gasteiger partial charge in [-0.25, -0.2) is 0 Å². The molecule has 0 heterocycles. The number of anilines is 1. The average Bonchev–Trinajstić information content (AvgIpc) is 2.45. The zero-order valence-corrected chi connectivity index (χ0v) is 12.9. The molecule has 0 aliphatic heterocycles. The highest BCUT2D eigenvalue weighted by molar-refractivity contribution is 5.60. The molecule has 0 amide bonds. The Bertz CT molecular complexity index is 452. The van der Waals surface area contributed by atoms with Gasteiger partial charge in [0, 0.05) is 32.8 Å². The van der Waals surface area contributed by atoms with Crippen molar-refractivity contribution in [1.29, 1.82) is 5.26 Å². The Hall–Kier alpha value is -1.57. The van der Waals surface area contributed by atoms with Crippen LogP contribution in [0.3, 0.4) is 0 Å². The van der Waals surface area contributed by atoms with Gasteiger partial charge in [0.05, 0.1) is 17.9 Å². The van der Waals surface area contributed by atoms with Crippen molar-refractivity contribution in [3.8, 4) is 6.07 Å². The van der Waals surface area contributed by atoms with Crippen LogP contribution < -0.4 is 10.2 Å². The summed E-state index contributed by atoms with van der Waals surface area (Å²) < 4.78 is 4.99. The Balaban J connectivity index is 2.83. The van der Waals surface area contributed by atoms with Crippen molar-refractivity contribution in [2.75, 3.05) is 31.7 Å². The minimum atomic E-state index is 0.387. The molecule has 1 rings (SSSR count). The molecule has 0 saturated heterocycles. The summed E-state index contributed by atoms with van der Waals surface area (Å²) >= 11 is 0. The van der Waals surface area contributed by atoms with Gasteiger partial charge in [0.15, 0.2) is 0 Å². The van der Waals surface area contributed by atoms with Crippen LogP contribution in [-0.2, 0) is 11.3 Å². The normalized spacial score (nSPS) is 10.6. The molecule has 0 aromatic heterocycles. The predicted molar refractivity (Wildman–Crippen MR) is 82.9 cm³/mol. The van der Waals surface area contributed by atoms with E-state index < -0.39 is 0 Å². The maximum Gasteiger partial charge on any atom is 0.101 e. The standard InChI is InChI=1S/C16H25N3O/c1-5-19(13(2)3)16-7-6-14(10-15(16)11-17)12-18-8-9-20-4/h6-7,10,13,18H,5,8-9,12H2,1-4H3. The van der Waals surface area contributed by atoms with Crippen molar-refractivity contribution < 1.29 is 4.74 Å². The van der Waals surface area contributed by atoms with Crippen molar-refractivity contribution in [2.45, 2.75) is 33.4 Å². The Morgan fingerprint density at radius 2 is 2.15 bits per heavy atom. The van der Waals surface area contributed by atoms with Crippen LogP contribution in [0.1, 0.15) is 31.9 Å². The topological polar surface area (TPSA) is 48.3 Å². The summed E-state index contributed by atoms with van der Waals surface area (Å²) in [5, 5.41) is 12.7. The van der Waals surface area contributed by atoms with E-state index in [2.05, 4.69) is 49.2 Å². The maximum atomic E-state index is 9.36. The molecule has 20 heavy (non-hydrogen) atoms. The van der Waals surface area contributed by atoms with Gasteiger partial charge in [-0.3, -0.25) is 0 Å². The van der Waals surface area contributed by atoms with Crippen LogP contribution in [-0.4, -0.2) is 32.8 Å². The fourth-order valence-corrected chi connectivity index (χ4v) is 2.25. The number of rotatable bonds is 8. The molecule has 4 nitrogen and oxygen atoms in total. The van der Waals surface area contributed by atoms with Gasteiger partial charge in [-0.1, -0.05) is 6.07 Å². The van der Waals surface area contributed by atoms with Crippen LogP contribution in [0.5, 0.6) is 0 Å². The second-order valence-electron chi connectivity index (χ2n) is 5.01. The lowest BCUT2D eigenvalue weighted by atomic mass is 10.1. The largest absolute Gasteiger partial charge is 0.383 e. The monoisotopic (exact) mass is 275 g/mol. The Kier molecular flexibility index (Phi) is 7.06. The van der Waals surface area contributed by atoms with Crippen molar-refractivity contribution in [3.05, 3.63) is 29.3 Å². The first-order valence-corrected chi connectivity index (χ1v) is 7.13. The lowest BCUT2D eigenvalue weighted by molar-refractivity contribution is 0.199. The molecule has 1 N–H and O–H groups in total. The molecular formula is C16H25N3O. The first kappa shape index (κ1) is 16.5. The van der Waals surface area contributed by atoms with E-state index >= 15 is 0 Å². The highest BCUT2D eigenvalue weighted by Gasteiger charge is 2.13. The summed E-state index contributed by atoms with van der Waals surface area (Å²) in [5.41, 5.74) is 2.89. The second-order valence-corrected chi connectivity index (χ2v) is 5.01. The van der Waals surface area contributed by atoms with Crippen molar-refractivity contribution in [3.63, 3.8) is 0 Å². The summed E-state index contributed by atoms with van der Waals surface area (Å²) in [7, 11) is 1.69. The minimum Gasteiger partial charge on any atom is -0.383 e. The van der Waals surface area contributed by atoms with Crippen molar-refractivity contribution >= 4 is 5.69 Å². The van der Waals surface area contributed by atoms with E-state index in [1.165, 1.54) is 0 Å². The molecule has 0 saturated carbocycles. The maximum absolute atomic E-state index is 9.36. The third-order valence-corrected chi connectivity index (χ3v) is 3.27. The molecule has 0 spiro atoms. The van der Waals surface area contributed by atoms with Crippen LogP contribution in [0, 0.1) is 11.3 Å². The molecular weight excluding hydrogens is 250 g/mol. The predicted octanol–water partition coefficient (Wildman–Crippen LogP) is 2.53. The van der Waals surface area contributed by atoms with Crippen molar-refractivity contribution in [2.24, 2.45) is 0 Å². The number of methoxy groups -OCH3 is 1. The summed E-state index contributed by atoms with van der Waals surface area (Å²) in [6.45, 7) is 9.56. The lowest BCUT2D eigenvalue weighted by Crippen LogP contribution is -2.31. The number of nitrogens with one attached hydrogen (secondary N) is 1. The first-order chi connectivity index (χ1) is 9.63. The average molecular weight is 275 g/mol. The molecule has 0 bridgehead atoms. The first-order valence-electron chi connectivity index (χ1n) is 7.13. The van der Waals surface area contributed by atoms with E-state index in [0.29, 0.717) is 12.6 Å². The summed E-state index contributed by atoms with van der Waals surface area (Å²) in [5.74, 6) is 0. The van der Waals surface area contributed by atoms with Crippen LogP contribution in [0.15, 0.2) is 18.2 Å². The van der Waals surface area contributed by atoms with Gasteiger partial charge in [-0.2, -0.15) is 5.26 Å². The molecule has 4 heteroatoms. The number of nitriles is 1. The zero-order valence-electron chi connectivity index (χ0n) is 12.9. The minimum absolute atomic E-state index is 0.387. The molecule has 0 aliphatic rings. The molecule has 0 radical (unpaired) electrons. The Morgan fingerprint density at radius 3 is 2.70 bits per heavy atom. The fraction of sp³-hybridized carbons (Fsp3) is 0.562. The molecule has 0 aliphatic carbocycles. The fourth-order valence-electron chi connectivity index (χ4n) is 2.25. The zero-order chi connectivity index (χ0) is 15.0. The van der Waals surface area contributed by atoms with Gasteiger partial charge in [0.2, 0.25) is 0 Å². The Labute approximate surface area is 122 Å². The number of hydrogen-bond acceptors (Lipinski definition) is 4. The third kappa shape index (κ3) is 4.52. The van der Waals surface area contributed by atoms with Gasteiger partial charge in [-0.15, -0.1) is 0 Å². The molecule has 0 fully saturated rings. The summed E-state index contributed by atoms with van der Waals surface area (Å²) in [6.07, 6.45) is 0. The quantitative estimate of drug-likeness (QED) is 0.741. The number of ether oxygens (including phenoxy) is 1. The second kappa shape index (κ2) is 8.57. The van der Waals surface area contributed by atoms with Gasteiger partial charge >= 0.3 is 0 Å². The number of nitrogens with zero attached hydrogens (tertiary/aromatic N) is 2. The van der Waals surface area contributed by atoms with E-state index in [4.69, 9.17) is 4.74 Å². The van der Waals surface area contributed by atoms with E-state index in [1.807, 2.05) is 6.07 Å². The highest BCUT2D eigenvalue weighted by atomic mass is 16.5. The van der Waals surface area contributed by atoms with E-state index in [1.54, 1.807) is 7.11 Å². The van der Waals surface area contributed by atoms with Crippen LogP contribution >= 0.6 is 0 Å². The third-order valence-electron chi connectivity index (χ3n) is 3.27. The number of benzene rings is 1.